The third-order valence-corrected chi connectivity index (χ3v) is 3.49. The maximum atomic E-state index is 12.7. The topological polar surface area (TPSA) is 67.8 Å². The first-order valence-corrected chi connectivity index (χ1v) is 6.64. The van der Waals surface area contributed by atoms with Gasteiger partial charge in [-0.1, -0.05) is 11.2 Å². The number of hydrogen-bond donors (Lipinski definition) is 2. The van der Waals surface area contributed by atoms with E-state index < -0.39 is 17.6 Å². The van der Waals surface area contributed by atoms with Gasteiger partial charge < -0.3 is 15.7 Å². The zero-order chi connectivity index (χ0) is 15.5. The van der Waals surface area contributed by atoms with E-state index in [1.54, 1.807) is 0 Å². The number of amidine groups is 1. The van der Waals surface area contributed by atoms with E-state index in [0.717, 1.165) is 23.1 Å². The number of thiophene rings is 1. The normalized spacial score (nSPS) is 12.4. The third kappa shape index (κ3) is 3.66. The zero-order valence-corrected chi connectivity index (χ0v) is 11.4. The Morgan fingerprint density at radius 3 is 2.67 bits per heavy atom. The van der Waals surface area contributed by atoms with E-state index in [4.69, 9.17) is 15.7 Å². The summed E-state index contributed by atoms with van der Waals surface area (Å²) in [5.74, 6) is -0.325. The van der Waals surface area contributed by atoms with E-state index in [0.29, 0.717) is 0 Å². The molecular weight excluding hydrogens is 305 g/mol. The molecule has 0 fully saturated rings. The molecule has 21 heavy (non-hydrogen) atoms. The number of benzene rings is 1. The van der Waals surface area contributed by atoms with E-state index in [9.17, 15) is 13.2 Å². The van der Waals surface area contributed by atoms with Crippen molar-refractivity contribution in [2.75, 3.05) is 0 Å². The molecule has 1 aromatic heterocycles. The number of oxime groups is 1. The molecule has 0 aliphatic heterocycles. The monoisotopic (exact) mass is 316 g/mol. The number of ether oxygens (including phenoxy) is 1. The Hall–Kier alpha value is -2.22. The summed E-state index contributed by atoms with van der Waals surface area (Å²) < 4.78 is 43.5. The van der Waals surface area contributed by atoms with Crippen LogP contribution in [0.1, 0.15) is 16.0 Å². The van der Waals surface area contributed by atoms with Crippen molar-refractivity contribution in [3.8, 4) is 5.75 Å². The lowest BCUT2D eigenvalue weighted by Gasteiger charge is -2.13. The van der Waals surface area contributed by atoms with E-state index in [2.05, 4.69) is 5.16 Å². The molecule has 0 bridgehead atoms. The predicted molar refractivity (Wildman–Crippen MR) is 72.6 cm³/mol. The molecule has 0 aliphatic carbocycles. The van der Waals surface area contributed by atoms with Crippen LogP contribution in [0.5, 0.6) is 5.75 Å². The molecule has 0 saturated heterocycles. The van der Waals surface area contributed by atoms with E-state index >= 15 is 0 Å². The Labute approximate surface area is 122 Å². The molecule has 0 unspecified atom stereocenters. The van der Waals surface area contributed by atoms with E-state index in [1.807, 2.05) is 17.5 Å². The van der Waals surface area contributed by atoms with Gasteiger partial charge in [-0.25, -0.2) is 0 Å². The highest BCUT2D eigenvalue weighted by molar-refractivity contribution is 7.09. The molecule has 0 amide bonds. The first-order chi connectivity index (χ1) is 9.91. The number of hydrogen-bond acceptors (Lipinski definition) is 4. The fraction of sp³-hybridized carbons (Fsp3) is 0.154. The van der Waals surface area contributed by atoms with Gasteiger partial charge in [-0.3, -0.25) is 0 Å². The summed E-state index contributed by atoms with van der Waals surface area (Å²) in [7, 11) is 0. The van der Waals surface area contributed by atoms with Crippen LogP contribution in [0.15, 0.2) is 40.9 Å². The fourth-order valence-corrected chi connectivity index (χ4v) is 2.25. The van der Waals surface area contributed by atoms with Crippen LogP contribution in [0.4, 0.5) is 13.2 Å². The van der Waals surface area contributed by atoms with Crippen molar-refractivity contribution in [3.63, 3.8) is 0 Å². The number of halogens is 3. The van der Waals surface area contributed by atoms with Gasteiger partial charge in [0.2, 0.25) is 0 Å². The van der Waals surface area contributed by atoms with Gasteiger partial charge in [-0.2, -0.15) is 13.2 Å². The summed E-state index contributed by atoms with van der Waals surface area (Å²) >= 11 is 1.45. The first kappa shape index (κ1) is 15.2. The minimum absolute atomic E-state index is 0.108. The Balaban J connectivity index is 2.31. The molecule has 0 atom stereocenters. The average molecular weight is 316 g/mol. The number of nitrogens with zero attached hydrogens (tertiary/aromatic N) is 1. The molecule has 0 spiro atoms. The van der Waals surface area contributed by atoms with Crippen molar-refractivity contribution in [1.29, 1.82) is 0 Å². The summed E-state index contributed by atoms with van der Waals surface area (Å²) in [4.78, 5) is 0.903. The lowest BCUT2D eigenvalue weighted by Crippen LogP contribution is -2.16. The van der Waals surface area contributed by atoms with E-state index in [-0.39, 0.29) is 17.9 Å². The molecular formula is C13H11F3N2O2S. The smallest absolute Gasteiger partial charge is 0.416 e. The largest absolute Gasteiger partial charge is 0.487 e. The molecule has 2 aromatic rings. The second kappa shape index (κ2) is 6.04. The van der Waals surface area contributed by atoms with Gasteiger partial charge >= 0.3 is 6.18 Å². The Kier molecular flexibility index (Phi) is 4.37. The molecule has 112 valence electrons. The Bertz CT molecular complexity index is 639. The van der Waals surface area contributed by atoms with Crippen LogP contribution < -0.4 is 10.5 Å². The first-order valence-electron chi connectivity index (χ1n) is 5.76. The van der Waals surface area contributed by atoms with Crippen molar-refractivity contribution in [1.82, 2.24) is 0 Å². The highest BCUT2D eigenvalue weighted by Crippen LogP contribution is 2.32. The standard InChI is InChI=1S/C13H11F3N2O2S/c14-13(15,16)8-3-4-11(10(6-8)12(17)18-19)20-7-9-2-1-5-21-9/h1-6,19H,7H2,(H2,17,18). The molecule has 0 radical (unpaired) electrons. The second-order valence-corrected chi connectivity index (χ2v) is 5.09. The van der Waals surface area contributed by atoms with Gasteiger partial charge in [0.05, 0.1) is 11.1 Å². The Morgan fingerprint density at radius 1 is 1.33 bits per heavy atom. The van der Waals surface area contributed by atoms with Crippen LogP contribution >= 0.6 is 11.3 Å². The predicted octanol–water partition coefficient (Wildman–Crippen LogP) is 3.44. The van der Waals surface area contributed by atoms with Crippen LogP contribution in [-0.4, -0.2) is 11.0 Å². The molecule has 2 rings (SSSR count). The van der Waals surface area contributed by atoms with Crippen LogP contribution in [0.25, 0.3) is 0 Å². The third-order valence-electron chi connectivity index (χ3n) is 2.64. The second-order valence-electron chi connectivity index (χ2n) is 4.06. The van der Waals surface area contributed by atoms with Gasteiger partial charge in [0.15, 0.2) is 5.84 Å². The van der Waals surface area contributed by atoms with Gasteiger partial charge in [-0.15, -0.1) is 11.3 Å². The maximum absolute atomic E-state index is 12.7. The van der Waals surface area contributed by atoms with Crippen molar-refractivity contribution in [3.05, 3.63) is 51.7 Å². The molecule has 0 saturated carbocycles. The van der Waals surface area contributed by atoms with Gasteiger partial charge in [0.1, 0.15) is 12.4 Å². The molecule has 0 aliphatic rings. The zero-order valence-electron chi connectivity index (χ0n) is 10.6. The molecule has 1 aromatic carbocycles. The van der Waals surface area contributed by atoms with Crippen LogP contribution in [-0.2, 0) is 12.8 Å². The lowest BCUT2D eigenvalue weighted by atomic mass is 10.1. The van der Waals surface area contributed by atoms with Crippen LogP contribution in [0, 0.1) is 0 Å². The van der Waals surface area contributed by atoms with Crippen LogP contribution in [0.2, 0.25) is 0 Å². The maximum Gasteiger partial charge on any atom is 0.416 e. The minimum atomic E-state index is -4.52. The molecule has 4 nitrogen and oxygen atoms in total. The molecule has 1 heterocycles. The Morgan fingerprint density at radius 2 is 2.10 bits per heavy atom. The summed E-state index contributed by atoms with van der Waals surface area (Å²) in [5, 5.41) is 13.3. The number of nitrogens with two attached hydrogens (primary N) is 1. The van der Waals surface area contributed by atoms with Crippen molar-refractivity contribution in [2.45, 2.75) is 12.8 Å². The minimum Gasteiger partial charge on any atom is -0.487 e. The number of alkyl halides is 3. The quantitative estimate of drug-likeness (QED) is 0.393. The highest BCUT2D eigenvalue weighted by Gasteiger charge is 2.31. The van der Waals surface area contributed by atoms with Gasteiger partial charge in [0, 0.05) is 4.88 Å². The average Bonchev–Trinajstić information content (AvgIpc) is 2.96. The van der Waals surface area contributed by atoms with Crippen molar-refractivity contribution < 1.29 is 23.1 Å². The summed E-state index contributed by atoms with van der Waals surface area (Å²) in [6.45, 7) is 0.189. The lowest BCUT2D eigenvalue weighted by molar-refractivity contribution is -0.137. The number of rotatable bonds is 4. The van der Waals surface area contributed by atoms with Crippen LogP contribution in [0.3, 0.4) is 0 Å². The fourth-order valence-electron chi connectivity index (χ4n) is 1.63. The summed E-state index contributed by atoms with van der Waals surface area (Å²) in [5.41, 5.74) is 4.41. The highest BCUT2D eigenvalue weighted by atomic mass is 32.1. The molecule has 3 N–H and O–H groups in total. The summed E-state index contributed by atoms with van der Waals surface area (Å²) in [6.07, 6.45) is -4.52. The SMILES string of the molecule is NC(=NO)c1cc(C(F)(F)F)ccc1OCc1cccs1. The van der Waals surface area contributed by atoms with Crippen molar-refractivity contribution >= 4 is 17.2 Å². The van der Waals surface area contributed by atoms with Gasteiger partial charge in [0.25, 0.3) is 0 Å². The molecule has 8 heteroatoms. The van der Waals surface area contributed by atoms with Crippen molar-refractivity contribution in [2.24, 2.45) is 10.9 Å². The summed E-state index contributed by atoms with van der Waals surface area (Å²) in [6, 6.07) is 6.50. The van der Waals surface area contributed by atoms with Gasteiger partial charge in [-0.05, 0) is 29.6 Å². The van der Waals surface area contributed by atoms with E-state index in [1.165, 1.54) is 11.3 Å².